The van der Waals surface area contributed by atoms with E-state index in [1.807, 2.05) is 0 Å². The fourth-order valence-electron chi connectivity index (χ4n) is 1.44. The lowest BCUT2D eigenvalue weighted by atomic mass is 10.1. The molecule has 5 heteroatoms. The molecule has 1 amide bonds. The fourth-order valence-corrected chi connectivity index (χ4v) is 1.44. The summed E-state index contributed by atoms with van der Waals surface area (Å²) in [5, 5.41) is 2.67. The Morgan fingerprint density at radius 3 is 3.00 bits per heavy atom. The van der Waals surface area contributed by atoms with E-state index in [1.54, 1.807) is 18.2 Å². The van der Waals surface area contributed by atoms with Gasteiger partial charge < -0.3 is 5.32 Å². The van der Waals surface area contributed by atoms with E-state index in [-0.39, 0.29) is 5.91 Å². The molecule has 0 bridgehead atoms. The average molecular weight is 193 g/mol. The van der Waals surface area contributed by atoms with Crippen molar-refractivity contribution in [2.24, 2.45) is 0 Å². The Balaban J connectivity index is 2.42. The van der Waals surface area contributed by atoms with Crippen molar-refractivity contribution in [2.45, 2.75) is 6.54 Å². The zero-order valence-corrected chi connectivity index (χ0v) is 7.61. The maximum Gasteiger partial charge on any atom is 0.317 e. The van der Waals surface area contributed by atoms with E-state index in [0.717, 1.165) is 5.56 Å². The molecule has 72 valence electrons. The van der Waals surface area contributed by atoms with Gasteiger partial charge >= 0.3 is 5.69 Å². The molecule has 5 nitrogen and oxygen atoms in total. The topological polar surface area (TPSA) is 58.4 Å². The molecule has 0 fully saturated rings. The Morgan fingerprint density at radius 2 is 2.29 bits per heavy atom. The van der Waals surface area contributed by atoms with Gasteiger partial charge in [0.2, 0.25) is 0 Å². The van der Waals surface area contributed by atoms with Gasteiger partial charge in [0.1, 0.15) is 0 Å². The van der Waals surface area contributed by atoms with Gasteiger partial charge in [-0.2, -0.15) is 0 Å². The van der Waals surface area contributed by atoms with Crippen LogP contribution >= 0.6 is 0 Å². The standard InChI is InChI=1S/C9H8N2O3/c1-14-11(13)7-2-3-8-6(4-7)5-10-9(8)12/h2-4H,5H2,1H3/p+1. The van der Waals surface area contributed by atoms with Crippen molar-refractivity contribution < 1.29 is 14.6 Å². The molecule has 0 saturated heterocycles. The third kappa shape index (κ3) is 1.22. The van der Waals surface area contributed by atoms with Gasteiger partial charge in [0.15, 0.2) is 7.11 Å². The lowest BCUT2D eigenvalue weighted by Gasteiger charge is -1.93. The molecule has 0 spiro atoms. The van der Waals surface area contributed by atoms with E-state index >= 15 is 0 Å². The van der Waals surface area contributed by atoms with Crippen molar-refractivity contribution in [1.82, 2.24) is 5.32 Å². The summed E-state index contributed by atoms with van der Waals surface area (Å²) in [5.74, 6) is -0.0959. The van der Waals surface area contributed by atoms with E-state index in [0.29, 0.717) is 22.7 Å². The summed E-state index contributed by atoms with van der Waals surface area (Å²) in [5.41, 5.74) is 1.84. The molecular formula is C9H9N2O3+. The van der Waals surface area contributed by atoms with Crippen LogP contribution in [0, 0.1) is 4.91 Å². The van der Waals surface area contributed by atoms with Crippen molar-refractivity contribution in [3.8, 4) is 0 Å². The van der Waals surface area contributed by atoms with Gasteiger partial charge in [0, 0.05) is 24.2 Å². The van der Waals surface area contributed by atoms with E-state index in [2.05, 4.69) is 10.2 Å². The van der Waals surface area contributed by atoms with Gasteiger partial charge in [-0.1, -0.05) is 0 Å². The van der Waals surface area contributed by atoms with Crippen LogP contribution < -0.4 is 5.32 Å². The fraction of sp³-hybridized carbons (Fsp3) is 0.222. The quantitative estimate of drug-likeness (QED) is 0.710. The third-order valence-electron chi connectivity index (χ3n) is 2.15. The van der Waals surface area contributed by atoms with Gasteiger partial charge in [-0.05, 0) is 11.6 Å². The van der Waals surface area contributed by atoms with E-state index in [9.17, 15) is 9.70 Å². The number of carbonyl (C=O) groups excluding carboxylic acids is 1. The minimum Gasteiger partial charge on any atom is -0.348 e. The van der Waals surface area contributed by atoms with Crippen LogP contribution in [0.2, 0.25) is 0 Å². The first kappa shape index (κ1) is 8.68. The number of benzene rings is 1. The lowest BCUT2D eigenvalue weighted by molar-refractivity contribution is -0.736. The number of nitrogens with zero attached hydrogens (tertiary/aromatic N) is 1. The van der Waals surface area contributed by atoms with Crippen LogP contribution in [0.1, 0.15) is 15.9 Å². The zero-order chi connectivity index (χ0) is 10.1. The molecule has 0 aliphatic carbocycles. The smallest absolute Gasteiger partial charge is 0.317 e. The van der Waals surface area contributed by atoms with Crippen molar-refractivity contribution in [3.63, 3.8) is 0 Å². The highest BCUT2D eigenvalue weighted by atomic mass is 16.8. The van der Waals surface area contributed by atoms with Crippen LogP contribution in [0.25, 0.3) is 0 Å². The summed E-state index contributed by atoms with van der Waals surface area (Å²) in [6, 6.07) is 4.82. The molecule has 0 aromatic heterocycles. The molecule has 14 heavy (non-hydrogen) atoms. The highest BCUT2D eigenvalue weighted by Crippen LogP contribution is 2.21. The number of amides is 1. The number of fused-ring (bicyclic) bond motifs is 1. The van der Waals surface area contributed by atoms with Gasteiger partial charge in [0.05, 0.1) is 4.91 Å². The molecular weight excluding hydrogens is 184 g/mol. The minimum absolute atomic E-state index is 0.0959. The van der Waals surface area contributed by atoms with Crippen LogP contribution in [-0.2, 0) is 11.4 Å². The minimum atomic E-state index is -0.0959. The molecule has 0 unspecified atom stereocenters. The lowest BCUT2D eigenvalue weighted by Crippen LogP contribution is -2.12. The first-order valence-corrected chi connectivity index (χ1v) is 4.15. The Labute approximate surface area is 80.2 Å². The SMILES string of the molecule is CO[N+](=O)c1ccc2c(c1)CNC2=O. The number of hydrogen-bond acceptors (Lipinski definition) is 3. The predicted molar refractivity (Wildman–Crippen MR) is 47.9 cm³/mol. The molecule has 1 aromatic carbocycles. The number of rotatable bonds is 2. The molecule has 0 radical (unpaired) electrons. The predicted octanol–water partition coefficient (Wildman–Crippen LogP) is 0.902. The van der Waals surface area contributed by atoms with E-state index < -0.39 is 0 Å². The first-order chi connectivity index (χ1) is 6.72. The number of hydrogen-bond donors (Lipinski definition) is 1. The van der Waals surface area contributed by atoms with Crippen molar-refractivity contribution in [1.29, 1.82) is 0 Å². The molecule has 1 N–H and O–H groups in total. The van der Waals surface area contributed by atoms with Crippen LogP contribution in [0.4, 0.5) is 5.69 Å². The Kier molecular flexibility index (Phi) is 1.92. The molecule has 1 aliphatic heterocycles. The summed E-state index contributed by atoms with van der Waals surface area (Å²) in [6.45, 7) is 0.472. The number of nitrogens with one attached hydrogen (secondary N) is 1. The monoisotopic (exact) mass is 193 g/mol. The van der Waals surface area contributed by atoms with Crippen molar-refractivity contribution in [2.75, 3.05) is 7.11 Å². The van der Waals surface area contributed by atoms with E-state index in [1.165, 1.54) is 7.11 Å². The summed E-state index contributed by atoms with van der Waals surface area (Å²) in [7, 11) is 1.30. The molecule has 1 heterocycles. The number of carbonyl (C=O) groups is 1. The molecule has 0 atom stereocenters. The normalized spacial score (nSPS) is 13.4. The summed E-state index contributed by atoms with van der Waals surface area (Å²) >= 11 is 0. The summed E-state index contributed by atoms with van der Waals surface area (Å²) in [4.78, 5) is 27.2. The summed E-state index contributed by atoms with van der Waals surface area (Å²) in [6.07, 6.45) is 0. The average Bonchev–Trinajstić information content (AvgIpc) is 2.59. The van der Waals surface area contributed by atoms with Crippen LogP contribution in [0.5, 0.6) is 0 Å². The van der Waals surface area contributed by atoms with Crippen molar-refractivity contribution in [3.05, 3.63) is 34.2 Å². The highest BCUT2D eigenvalue weighted by Gasteiger charge is 2.23. The molecule has 2 rings (SSSR count). The second-order valence-electron chi connectivity index (χ2n) is 2.96. The zero-order valence-electron chi connectivity index (χ0n) is 7.61. The second kappa shape index (κ2) is 3.10. The maximum atomic E-state index is 11.2. The van der Waals surface area contributed by atoms with Gasteiger partial charge in [-0.15, -0.1) is 0 Å². The summed E-state index contributed by atoms with van der Waals surface area (Å²) < 4.78 is 0. The van der Waals surface area contributed by atoms with E-state index in [4.69, 9.17) is 0 Å². The first-order valence-electron chi connectivity index (χ1n) is 4.15. The van der Waals surface area contributed by atoms with Gasteiger partial charge in [0.25, 0.3) is 10.8 Å². The Morgan fingerprint density at radius 1 is 1.50 bits per heavy atom. The maximum absolute atomic E-state index is 11.2. The largest absolute Gasteiger partial charge is 0.348 e. The highest BCUT2D eigenvalue weighted by molar-refractivity contribution is 5.98. The second-order valence-corrected chi connectivity index (χ2v) is 2.96. The van der Waals surface area contributed by atoms with Crippen LogP contribution in [-0.4, -0.2) is 17.9 Å². The van der Waals surface area contributed by atoms with Crippen LogP contribution in [0.15, 0.2) is 18.2 Å². The van der Waals surface area contributed by atoms with Gasteiger partial charge in [-0.25, -0.2) is 4.84 Å². The molecule has 1 aliphatic rings. The molecule has 1 aromatic rings. The Hall–Kier alpha value is -1.91. The Bertz CT molecular complexity index is 415. The third-order valence-corrected chi connectivity index (χ3v) is 2.15. The van der Waals surface area contributed by atoms with Crippen LogP contribution in [0.3, 0.4) is 0 Å². The molecule has 0 saturated carbocycles. The van der Waals surface area contributed by atoms with Crippen molar-refractivity contribution >= 4 is 11.6 Å². The van der Waals surface area contributed by atoms with Gasteiger partial charge in [-0.3, -0.25) is 4.79 Å².